The summed E-state index contributed by atoms with van der Waals surface area (Å²) in [6.45, 7) is 13.3. The van der Waals surface area contributed by atoms with Crippen molar-refractivity contribution in [3.8, 4) is 0 Å². The van der Waals surface area contributed by atoms with E-state index in [0.717, 1.165) is 5.57 Å². The molecule has 0 saturated heterocycles. The van der Waals surface area contributed by atoms with E-state index in [4.69, 9.17) is 7.85 Å². The van der Waals surface area contributed by atoms with Gasteiger partial charge in [0.05, 0.1) is 0 Å². The van der Waals surface area contributed by atoms with Crippen LogP contribution in [0.1, 0.15) is 77.5 Å². The molecule has 0 bridgehead atoms. The third kappa shape index (κ3) is 3.71. The van der Waals surface area contributed by atoms with Crippen molar-refractivity contribution in [2.24, 2.45) is 5.92 Å². The lowest BCUT2D eigenvalue weighted by atomic mass is 9.71. The number of hydrogen-bond acceptors (Lipinski definition) is 0. The third-order valence-corrected chi connectivity index (χ3v) is 5.90. The third-order valence-electron chi connectivity index (χ3n) is 5.90. The van der Waals surface area contributed by atoms with Crippen LogP contribution in [0.5, 0.6) is 0 Å². The fraction of sp³-hybridized carbons (Fsp3) is 0.565. The van der Waals surface area contributed by atoms with Crippen molar-refractivity contribution >= 4 is 7.85 Å². The van der Waals surface area contributed by atoms with Gasteiger partial charge in [0.25, 0.3) is 0 Å². The average Bonchev–Trinajstić information content (AvgIpc) is 3.26. The normalized spacial score (nSPS) is 28.1. The highest BCUT2D eigenvalue weighted by Gasteiger charge is 2.49. The molecular formula is C23H33B. The molecule has 128 valence electrons. The molecule has 0 amide bonds. The molecule has 1 aromatic carbocycles. The van der Waals surface area contributed by atoms with Crippen LogP contribution in [0.25, 0.3) is 0 Å². The van der Waals surface area contributed by atoms with Crippen LogP contribution in [0.2, 0.25) is 0 Å². The summed E-state index contributed by atoms with van der Waals surface area (Å²) in [5.74, 6) is 2.32. The van der Waals surface area contributed by atoms with Crippen LogP contribution in [0.4, 0.5) is 0 Å². The van der Waals surface area contributed by atoms with Gasteiger partial charge in [-0.25, -0.2) is 0 Å². The Balaban J connectivity index is 0.00000100. The zero-order chi connectivity index (χ0) is 18.0. The van der Waals surface area contributed by atoms with Crippen LogP contribution >= 0.6 is 0 Å². The quantitative estimate of drug-likeness (QED) is 0.457. The molecule has 1 fully saturated rings. The standard InChI is InChI=1S/C21H27B.C2H6/c1-15(14-22)7-9-18-13-21(18,4)17-10-8-16-6-5-11-20(2,3)19(16)12-17;1-2/h7-10,12,14,18H,5-6,11,13H2,1-4H3;1-2H3/b9-7?,15-14+;. The van der Waals surface area contributed by atoms with E-state index in [1.807, 2.05) is 13.8 Å². The summed E-state index contributed by atoms with van der Waals surface area (Å²) in [4.78, 5) is 0. The molecule has 0 spiro atoms. The van der Waals surface area contributed by atoms with E-state index in [2.05, 4.69) is 58.0 Å². The van der Waals surface area contributed by atoms with Gasteiger partial charge in [0.15, 0.2) is 0 Å². The Hall–Kier alpha value is -1.24. The molecule has 0 N–H and O–H groups in total. The molecule has 2 radical (unpaired) electrons. The molecule has 1 heteroatoms. The van der Waals surface area contributed by atoms with E-state index >= 15 is 0 Å². The Bertz CT molecular complexity index is 635. The van der Waals surface area contributed by atoms with Crippen molar-refractivity contribution in [2.75, 3.05) is 0 Å². The molecule has 0 aliphatic heterocycles. The first-order chi connectivity index (χ1) is 11.4. The zero-order valence-corrected chi connectivity index (χ0v) is 16.4. The van der Waals surface area contributed by atoms with Crippen LogP contribution in [0, 0.1) is 5.92 Å². The first kappa shape index (κ1) is 19.1. The second-order valence-corrected chi connectivity index (χ2v) is 8.11. The number of allylic oxidation sites excluding steroid dienone is 3. The van der Waals surface area contributed by atoms with Crippen molar-refractivity contribution < 1.29 is 0 Å². The monoisotopic (exact) mass is 320 g/mol. The minimum Gasteiger partial charge on any atom is -0.129 e. The summed E-state index contributed by atoms with van der Waals surface area (Å²) in [5.41, 5.74) is 6.46. The Morgan fingerprint density at radius 3 is 2.58 bits per heavy atom. The predicted octanol–water partition coefficient (Wildman–Crippen LogP) is 6.23. The van der Waals surface area contributed by atoms with Gasteiger partial charge < -0.3 is 0 Å². The highest BCUT2D eigenvalue weighted by atomic mass is 14.5. The highest BCUT2D eigenvalue weighted by Crippen LogP contribution is 2.55. The van der Waals surface area contributed by atoms with Crippen molar-refractivity contribution in [3.63, 3.8) is 0 Å². The minimum absolute atomic E-state index is 0.313. The second-order valence-electron chi connectivity index (χ2n) is 8.11. The smallest absolute Gasteiger partial charge is 0.103 e. The summed E-state index contributed by atoms with van der Waals surface area (Å²) in [7, 11) is 5.55. The Kier molecular flexibility index (Phi) is 5.84. The van der Waals surface area contributed by atoms with E-state index in [1.165, 1.54) is 31.2 Å². The molecule has 0 nitrogen and oxygen atoms in total. The van der Waals surface area contributed by atoms with Gasteiger partial charge in [-0.15, -0.1) is 5.98 Å². The lowest BCUT2D eigenvalue weighted by molar-refractivity contribution is 0.431. The maximum Gasteiger partial charge on any atom is 0.103 e. The Morgan fingerprint density at radius 2 is 1.92 bits per heavy atom. The molecule has 24 heavy (non-hydrogen) atoms. The SMILES string of the molecule is CC.[B]/C=C(\C)C=CC1CC1(C)c1ccc2c(c1)C(C)(C)CCC2. The maximum atomic E-state index is 5.55. The van der Waals surface area contributed by atoms with Gasteiger partial charge in [0, 0.05) is 0 Å². The van der Waals surface area contributed by atoms with Crippen molar-refractivity contribution in [1.82, 2.24) is 0 Å². The van der Waals surface area contributed by atoms with E-state index in [-0.39, 0.29) is 0 Å². The predicted molar refractivity (Wildman–Crippen MR) is 108 cm³/mol. The van der Waals surface area contributed by atoms with Gasteiger partial charge in [-0.05, 0) is 66.0 Å². The molecule has 3 rings (SSSR count). The van der Waals surface area contributed by atoms with Crippen molar-refractivity contribution in [2.45, 2.75) is 78.1 Å². The van der Waals surface area contributed by atoms with Gasteiger partial charge in [-0.3, -0.25) is 0 Å². The van der Waals surface area contributed by atoms with E-state index in [9.17, 15) is 0 Å². The topological polar surface area (TPSA) is 0 Å². The van der Waals surface area contributed by atoms with Crippen LogP contribution in [0.15, 0.2) is 41.9 Å². The lowest BCUT2D eigenvalue weighted by Gasteiger charge is -2.33. The number of rotatable bonds is 3. The van der Waals surface area contributed by atoms with E-state index in [1.54, 1.807) is 17.1 Å². The zero-order valence-electron chi connectivity index (χ0n) is 16.4. The van der Waals surface area contributed by atoms with Crippen LogP contribution in [-0.4, -0.2) is 7.85 Å². The fourth-order valence-electron chi connectivity index (χ4n) is 3.97. The molecule has 2 aliphatic carbocycles. The molecule has 0 aromatic heterocycles. The maximum absolute atomic E-state index is 5.55. The largest absolute Gasteiger partial charge is 0.129 e. The minimum atomic E-state index is 0.313. The van der Waals surface area contributed by atoms with Gasteiger partial charge in [-0.2, -0.15) is 0 Å². The Morgan fingerprint density at radius 1 is 1.21 bits per heavy atom. The summed E-state index contributed by atoms with van der Waals surface area (Å²) in [6, 6.07) is 7.27. The van der Waals surface area contributed by atoms with Crippen molar-refractivity contribution in [1.29, 1.82) is 0 Å². The summed E-state index contributed by atoms with van der Waals surface area (Å²) >= 11 is 0. The number of aryl methyl sites for hydroxylation is 1. The van der Waals surface area contributed by atoms with Gasteiger partial charge in [-0.1, -0.05) is 70.5 Å². The Labute approximate surface area is 150 Å². The molecule has 1 aromatic rings. The first-order valence-corrected chi connectivity index (χ1v) is 9.57. The first-order valence-electron chi connectivity index (χ1n) is 9.57. The molecule has 0 heterocycles. The van der Waals surface area contributed by atoms with Gasteiger partial charge in [0.1, 0.15) is 7.85 Å². The second kappa shape index (κ2) is 7.34. The molecule has 1 saturated carbocycles. The van der Waals surface area contributed by atoms with Crippen molar-refractivity contribution in [3.05, 3.63) is 58.6 Å². The molecule has 2 unspecified atom stereocenters. The van der Waals surface area contributed by atoms with Crippen LogP contribution in [0.3, 0.4) is 0 Å². The van der Waals surface area contributed by atoms with Crippen LogP contribution in [-0.2, 0) is 17.3 Å². The molecule has 2 aliphatic rings. The summed E-state index contributed by atoms with van der Waals surface area (Å²) in [6.07, 6.45) is 9.64. The van der Waals surface area contributed by atoms with Gasteiger partial charge in [0.2, 0.25) is 0 Å². The molecular weight excluding hydrogens is 287 g/mol. The molecule has 2 atom stereocenters. The summed E-state index contributed by atoms with van der Waals surface area (Å²) in [5, 5.41) is 0. The van der Waals surface area contributed by atoms with E-state index in [0.29, 0.717) is 16.7 Å². The highest BCUT2D eigenvalue weighted by molar-refractivity contribution is 6.17. The van der Waals surface area contributed by atoms with E-state index < -0.39 is 0 Å². The average molecular weight is 320 g/mol. The van der Waals surface area contributed by atoms with Gasteiger partial charge >= 0.3 is 0 Å². The summed E-state index contributed by atoms with van der Waals surface area (Å²) < 4.78 is 0. The number of benzene rings is 1. The number of hydrogen-bond donors (Lipinski definition) is 0. The lowest BCUT2D eigenvalue weighted by Crippen LogP contribution is -2.24. The number of fused-ring (bicyclic) bond motifs is 1. The van der Waals surface area contributed by atoms with Crippen LogP contribution < -0.4 is 0 Å². The fourth-order valence-corrected chi connectivity index (χ4v) is 3.97.